The highest BCUT2D eigenvalue weighted by molar-refractivity contribution is 5.86. The first-order chi connectivity index (χ1) is 6.27. The molecule has 0 amide bonds. The highest BCUT2D eigenvalue weighted by Gasteiger charge is 2.08. The van der Waals surface area contributed by atoms with Crippen molar-refractivity contribution in [2.24, 2.45) is 5.73 Å². The van der Waals surface area contributed by atoms with Crippen molar-refractivity contribution >= 4 is 30.8 Å². The molecule has 0 fully saturated rings. The summed E-state index contributed by atoms with van der Waals surface area (Å²) in [6, 6.07) is 0. The molecular formula is C8H15Cl2N3O2. The van der Waals surface area contributed by atoms with Crippen molar-refractivity contribution in [2.45, 2.75) is 13.5 Å². The minimum absolute atomic E-state index is 0. The van der Waals surface area contributed by atoms with Crippen LogP contribution in [0, 0.1) is 0 Å². The highest BCUT2D eigenvalue weighted by Crippen LogP contribution is 1.98. The van der Waals surface area contributed by atoms with E-state index in [1.807, 2.05) is 0 Å². The molecule has 0 spiro atoms. The molecule has 2 N–H and O–H groups in total. The number of carbonyl (C=O) groups is 1. The summed E-state index contributed by atoms with van der Waals surface area (Å²) in [6.07, 6.45) is 3.20. The largest absolute Gasteiger partial charge is 0.461 e. The maximum atomic E-state index is 11.1. The maximum absolute atomic E-state index is 11.1. The molecular weight excluding hydrogens is 241 g/mol. The Bertz CT molecular complexity index is 291. The summed E-state index contributed by atoms with van der Waals surface area (Å²) in [7, 11) is 0. The normalized spacial score (nSPS) is 8.67. The molecule has 1 heterocycles. The Morgan fingerprint density at radius 3 is 2.80 bits per heavy atom. The lowest BCUT2D eigenvalue weighted by Gasteiger charge is -1.97. The van der Waals surface area contributed by atoms with Gasteiger partial charge in [0.1, 0.15) is 0 Å². The van der Waals surface area contributed by atoms with Crippen LogP contribution in [0.4, 0.5) is 0 Å². The zero-order valence-corrected chi connectivity index (χ0v) is 10.0. The van der Waals surface area contributed by atoms with Gasteiger partial charge >= 0.3 is 5.97 Å². The summed E-state index contributed by atoms with van der Waals surface area (Å²) in [5.74, 6) is -0.390. The molecule has 0 saturated heterocycles. The first-order valence-electron chi connectivity index (χ1n) is 4.17. The third-order valence-electron chi connectivity index (χ3n) is 1.51. The second kappa shape index (κ2) is 8.52. The Morgan fingerprint density at radius 2 is 2.27 bits per heavy atom. The van der Waals surface area contributed by atoms with Gasteiger partial charge in [-0.05, 0) is 6.92 Å². The number of esters is 1. The first kappa shape index (κ1) is 16.6. The molecule has 0 atom stereocenters. The predicted molar refractivity (Wildman–Crippen MR) is 61.7 cm³/mol. The average molecular weight is 256 g/mol. The molecule has 0 aliphatic heterocycles. The third-order valence-corrected chi connectivity index (χ3v) is 1.51. The Hall–Kier alpha value is -0.780. The van der Waals surface area contributed by atoms with Gasteiger partial charge in [-0.1, -0.05) is 0 Å². The van der Waals surface area contributed by atoms with Crippen LogP contribution in [0.25, 0.3) is 0 Å². The summed E-state index contributed by atoms with van der Waals surface area (Å²) in [6.45, 7) is 3.31. The van der Waals surface area contributed by atoms with Gasteiger partial charge in [0.25, 0.3) is 0 Å². The Labute approximate surface area is 101 Å². The number of imidazole rings is 1. The quantitative estimate of drug-likeness (QED) is 0.811. The van der Waals surface area contributed by atoms with Crippen LogP contribution in [0.3, 0.4) is 0 Å². The van der Waals surface area contributed by atoms with E-state index in [4.69, 9.17) is 10.5 Å². The number of halogens is 2. The van der Waals surface area contributed by atoms with Gasteiger partial charge in [-0.2, -0.15) is 0 Å². The molecule has 1 aromatic rings. The number of carbonyl (C=O) groups excluding carboxylic acids is 1. The monoisotopic (exact) mass is 255 g/mol. The fourth-order valence-corrected chi connectivity index (χ4v) is 0.942. The molecule has 0 aliphatic rings. The first-order valence-corrected chi connectivity index (χ1v) is 4.17. The summed E-state index contributed by atoms with van der Waals surface area (Å²) in [4.78, 5) is 15.0. The second-order valence-electron chi connectivity index (χ2n) is 2.51. The van der Waals surface area contributed by atoms with E-state index in [9.17, 15) is 4.79 Å². The van der Waals surface area contributed by atoms with Crippen molar-refractivity contribution < 1.29 is 9.53 Å². The van der Waals surface area contributed by atoms with Gasteiger partial charge in [0.15, 0.2) is 5.69 Å². The molecule has 0 aliphatic carbocycles. The van der Waals surface area contributed by atoms with Gasteiger partial charge in [-0.15, -0.1) is 24.8 Å². The van der Waals surface area contributed by atoms with E-state index < -0.39 is 5.97 Å². The van der Waals surface area contributed by atoms with Crippen molar-refractivity contribution in [3.05, 3.63) is 18.2 Å². The molecule has 0 aromatic carbocycles. The van der Waals surface area contributed by atoms with Crippen LogP contribution in [0.15, 0.2) is 12.5 Å². The third kappa shape index (κ3) is 5.01. The van der Waals surface area contributed by atoms with E-state index in [1.54, 1.807) is 24.0 Å². The van der Waals surface area contributed by atoms with Crippen molar-refractivity contribution in [1.82, 2.24) is 9.55 Å². The van der Waals surface area contributed by atoms with Gasteiger partial charge < -0.3 is 15.0 Å². The molecule has 5 nitrogen and oxygen atoms in total. The molecule has 0 bridgehead atoms. The van der Waals surface area contributed by atoms with E-state index in [1.165, 1.54) is 0 Å². The number of nitrogens with two attached hydrogens (primary N) is 1. The fourth-order valence-electron chi connectivity index (χ4n) is 0.942. The van der Waals surface area contributed by atoms with Crippen LogP contribution in [0.5, 0.6) is 0 Å². The zero-order valence-electron chi connectivity index (χ0n) is 8.38. The smallest absolute Gasteiger partial charge is 0.358 e. The Morgan fingerprint density at radius 1 is 1.60 bits per heavy atom. The lowest BCUT2D eigenvalue weighted by molar-refractivity contribution is 0.0520. The molecule has 88 valence electrons. The summed E-state index contributed by atoms with van der Waals surface area (Å²) < 4.78 is 6.53. The average Bonchev–Trinajstić information content (AvgIpc) is 2.54. The number of nitrogens with zero attached hydrogens (tertiary/aromatic N) is 2. The molecule has 7 heteroatoms. The minimum atomic E-state index is -0.390. The number of hydrogen-bond donors (Lipinski definition) is 1. The summed E-state index contributed by atoms with van der Waals surface area (Å²) >= 11 is 0. The lowest BCUT2D eigenvalue weighted by atomic mass is 10.5. The Balaban J connectivity index is 0. The lowest BCUT2D eigenvalue weighted by Crippen LogP contribution is -2.08. The molecule has 0 radical (unpaired) electrons. The molecule has 1 rings (SSSR count). The van der Waals surface area contributed by atoms with Crippen molar-refractivity contribution in [3.63, 3.8) is 0 Å². The van der Waals surface area contributed by atoms with E-state index in [2.05, 4.69) is 4.98 Å². The van der Waals surface area contributed by atoms with E-state index >= 15 is 0 Å². The predicted octanol–water partition coefficient (Wildman–Crippen LogP) is 0.862. The minimum Gasteiger partial charge on any atom is -0.461 e. The molecule has 1 aromatic heterocycles. The maximum Gasteiger partial charge on any atom is 0.358 e. The van der Waals surface area contributed by atoms with Crippen LogP contribution in [-0.4, -0.2) is 28.7 Å². The standard InChI is InChI=1S/C8H13N3O2.2ClH/c1-2-13-8(12)7-5-11(4-3-9)6-10-7;;/h5-6H,2-4,9H2,1H3;2*1H. The fraction of sp³-hybridized carbons (Fsp3) is 0.500. The van der Waals surface area contributed by atoms with Crippen LogP contribution < -0.4 is 5.73 Å². The SMILES string of the molecule is CCOC(=O)c1cn(CCN)cn1.Cl.Cl. The van der Waals surface area contributed by atoms with Crippen LogP contribution in [0.1, 0.15) is 17.4 Å². The van der Waals surface area contributed by atoms with E-state index in [-0.39, 0.29) is 24.8 Å². The van der Waals surface area contributed by atoms with Gasteiger partial charge in [0.2, 0.25) is 0 Å². The van der Waals surface area contributed by atoms with Gasteiger partial charge in [-0.3, -0.25) is 0 Å². The summed E-state index contributed by atoms with van der Waals surface area (Å²) in [5.41, 5.74) is 5.67. The van der Waals surface area contributed by atoms with Crippen molar-refractivity contribution in [3.8, 4) is 0 Å². The number of aromatic nitrogens is 2. The molecule has 0 unspecified atom stereocenters. The van der Waals surface area contributed by atoms with Gasteiger partial charge in [-0.25, -0.2) is 9.78 Å². The molecule has 15 heavy (non-hydrogen) atoms. The second-order valence-corrected chi connectivity index (χ2v) is 2.51. The van der Waals surface area contributed by atoms with Crippen molar-refractivity contribution in [1.29, 1.82) is 0 Å². The van der Waals surface area contributed by atoms with Gasteiger partial charge in [0.05, 0.1) is 12.9 Å². The number of ether oxygens (including phenoxy) is 1. The van der Waals surface area contributed by atoms with Crippen LogP contribution in [0.2, 0.25) is 0 Å². The van der Waals surface area contributed by atoms with Crippen molar-refractivity contribution in [2.75, 3.05) is 13.2 Å². The highest BCUT2D eigenvalue weighted by atomic mass is 35.5. The number of rotatable bonds is 4. The topological polar surface area (TPSA) is 70.1 Å². The number of hydrogen-bond acceptors (Lipinski definition) is 4. The Kier molecular flexibility index (Phi) is 9.46. The van der Waals surface area contributed by atoms with E-state index in [0.717, 1.165) is 0 Å². The van der Waals surface area contributed by atoms with Crippen LogP contribution in [-0.2, 0) is 11.3 Å². The zero-order chi connectivity index (χ0) is 9.68. The van der Waals surface area contributed by atoms with Gasteiger partial charge in [0, 0.05) is 19.3 Å². The summed E-state index contributed by atoms with van der Waals surface area (Å²) in [5, 5.41) is 0. The molecule has 0 saturated carbocycles. The van der Waals surface area contributed by atoms with E-state index in [0.29, 0.717) is 25.4 Å². The van der Waals surface area contributed by atoms with Crippen LogP contribution >= 0.6 is 24.8 Å².